The van der Waals surface area contributed by atoms with Crippen LogP contribution in [0.2, 0.25) is 5.02 Å². The lowest BCUT2D eigenvalue weighted by Crippen LogP contribution is -2.74. The molecule has 4 fully saturated rings. The van der Waals surface area contributed by atoms with Gasteiger partial charge in [-0.2, -0.15) is 5.26 Å². The zero-order valence-corrected chi connectivity index (χ0v) is 35.9. The van der Waals surface area contributed by atoms with Crippen LogP contribution in [0.25, 0.3) is 0 Å². The molecule has 320 valence electrons. The number of hydrogen-bond acceptors (Lipinski definition) is 10. The molecule has 0 spiro atoms. The number of nitrogens with zero attached hydrogens (tertiary/aromatic N) is 6. The summed E-state index contributed by atoms with van der Waals surface area (Å²) < 4.78 is 22.0. The van der Waals surface area contributed by atoms with Crippen LogP contribution >= 0.6 is 11.6 Å². The second-order valence-corrected chi connectivity index (χ2v) is 18.9. The molecule has 6 aliphatic rings. The minimum Gasteiger partial charge on any atom is -0.489 e. The van der Waals surface area contributed by atoms with Crippen molar-refractivity contribution in [1.29, 1.82) is 5.26 Å². The molecular weight excluding hydrogens is 813 g/mol. The van der Waals surface area contributed by atoms with Crippen molar-refractivity contribution >= 4 is 46.8 Å². The summed E-state index contributed by atoms with van der Waals surface area (Å²) in [5.74, 6) is 4.38. The van der Waals surface area contributed by atoms with E-state index in [1.807, 2.05) is 21.9 Å². The normalized spacial score (nSPS) is 24.8. The first-order chi connectivity index (χ1) is 29.6. The van der Waals surface area contributed by atoms with Crippen molar-refractivity contribution in [1.82, 2.24) is 25.0 Å². The number of benzene rings is 2. The Hall–Kier alpha value is -5.83. The van der Waals surface area contributed by atoms with Crippen LogP contribution in [0.15, 0.2) is 42.5 Å². The average molecular weight is 860 g/mol. The van der Waals surface area contributed by atoms with Crippen LogP contribution in [0.4, 0.5) is 10.1 Å². The van der Waals surface area contributed by atoms with E-state index in [1.165, 1.54) is 6.07 Å². The van der Waals surface area contributed by atoms with Gasteiger partial charge in [-0.05, 0) is 87.5 Å². The predicted molar refractivity (Wildman–Crippen MR) is 226 cm³/mol. The van der Waals surface area contributed by atoms with Crippen molar-refractivity contribution in [3.05, 3.63) is 86.9 Å². The van der Waals surface area contributed by atoms with Crippen molar-refractivity contribution in [2.75, 3.05) is 31.1 Å². The minimum atomic E-state index is -1.11. The standard InChI is InChI=1S/C47H47ClFN7O6/c1-46(2)44(47(3,4)45(46)62-30-9-6-27(24-50)34(48)21-30)55-25-36-31(41(55)59)10-8-28(51-36)7-5-26-13-17-53(18-14-26)29-15-19-54(20-16-29)38-23-33-32(22-35(38)49)42(60)56(43(33)61)37-11-12-39(57)52-40(37)58/h6,8-10,21-23,26,29,37,44-45H,11-20,25H2,1-4H3,(H,52,57,58). The van der Waals surface area contributed by atoms with E-state index < -0.39 is 35.5 Å². The topological polar surface area (TPSA) is 156 Å². The minimum absolute atomic E-state index is 0.0124. The van der Waals surface area contributed by atoms with E-state index in [0.29, 0.717) is 53.3 Å². The van der Waals surface area contributed by atoms with Crippen LogP contribution in [0, 0.1) is 45.7 Å². The van der Waals surface area contributed by atoms with Crippen molar-refractivity contribution in [3.8, 4) is 23.7 Å². The van der Waals surface area contributed by atoms with Crippen LogP contribution < -0.4 is 15.0 Å². The lowest BCUT2D eigenvalue weighted by atomic mass is 9.49. The number of fused-ring (bicyclic) bond motifs is 2. The van der Waals surface area contributed by atoms with Gasteiger partial charge in [-0.15, -0.1) is 0 Å². The summed E-state index contributed by atoms with van der Waals surface area (Å²) in [4.78, 5) is 76.4. The second kappa shape index (κ2) is 15.5. The number of pyridine rings is 1. The summed E-state index contributed by atoms with van der Waals surface area (Å²) in [6.07, 6.45) is 3.28. The van der Waals surface area contributed by atoms with E-state index in [0.717, 1.165) is 55.4 Å². The molecule has 1 aromatic heterocycles. The van der Waals surface area contributed by atoms with Crippen molar-refractivity contribution in [2.24, 2.45) is 16.7 Å². The van der Waals surface area contributed by atoms with E-state index in [9.17, 15) is 29.2 Å². The first kappa shape index (κ1) is 41.5. The highest BCUT2D eigenvalue weighted by molar-refractivity contribution is 6.31. The van der Waals surface area contributed by atoms with Gasteiger partial charge in [0.2, 0.25) is 11.8 Å². The smallest absolute Gasteiger partial charge is 0.262 e. The van der Waals surface area contributed by atoms with Gasteiger partial charge in [-0.3, -0.25) is 34.2 Å². The Bertz CT molecular complexity index is 2530. The summed E-state index contributed by atoms with van der Waals surface area (Å²) in [5.41, 5.74) is 1.86. The van der Waals surface area contributed by atoms with E-state index in [4.69, 9.17) is 21.3 Å². The lowest BCUT2D eigenvalue weighted by molar-refractivity contribution is -0.199. The SMILES string of the molecule is CC1(C)C(Oc2ccc(C#N)c(Cl)c2)C(C)(C)C1N1Cc2nc(C#CC3CCN(C4CCN(c5cc6c(cc5F)C(=O)N(C5CCC(=O)NC5=O)C6=O)CC4)CC3)ccc2C1=O. The van der Waals surface area contributed by atoms with Gasteiger partial charge in [0.1, 0.15) is 35.5 Å². The molecule has 3 saturated heterocycles. The van der Waals surface area contributed by atoms with Crippen LogP contribution in [0.1, 0.15) is 114 Å². The molecule has 0 radical (unpaired) electrons. The van der Waals surface area contributed by atoms with Gasteiger partial charge in [0.05, 0.1) is 45.2 Å². The van der Waals surface area contributed by atoms with Gasteiger partial charge in [0.15, 0.2) is 0 Å². The number of nitrogens with one attached hydrogen (secondary N) is 1. The largest absolute Gasteiger partial charge is 0.489 e. The molecule has 1 saturated carbocycles. The Morgan fingerprint density at radius 2 is 1.55 bits per heavy atom. The molecule has 2 aromatic carbocycles. The Kier molecular flexibility index (Phi) is 10.4. The number of halogens is 2. The number of amides is 5. The molecule has 5 aliphatic heterocycles. The van der Waals surface area contributed by atoms with Gasteiger partial charge >= 0.3 is 0 Å². The van der Waals surface area contributed by atoms with Gasteiger partial charge in [0, 0.05) is 54.4 Å². The Morgan fingerprint density at radius 1 is 0.855 bits per heavy atom. The maximum absolute atomic E-state index is 15.5. The molecular formula is C47H47ClFN7O6. The highest BCUT2D eigenvalue weighted by atomic mass is 35.5. The van der Waals surface area contributed by atoms with Crippen molar-refractivity contribution < 1.29 is 33.1 Å². The van der Waals surface area contributed by atoms with Crippen molar-refractivity contribution in [3.63, 3.8) is 0 Å². The highest BCUT2D eigenvalue weighted by Gasteiger charge is 2.67. The molecule has 1 unspecified atom stereocenters. The number of imide groups is 2. The Balaban J connectivity index is 0.778. The third-order valence-electron chi connectivity index (χ3n) is 13.9. The number of piperidine rings is 3. The first-order valence-corrected chi connectivity index (χ1v) is 21.7. The molecule has 1 atom stereocenters. The van der Waals surface area contributed by atoms with Crippen LogP contribution in [-0.4, -0.2) is 99.6 Å². The lowest BCUT2D eigenvalue weighted by Gasteiger charge is -2.65. The molecule has 1 aliphatic carbocycles. The highest BCUT2D eigenvalue weighted by Crippen LogP contribution is 2.59. The zero-order valence-electron chi connectivity index (χ0n) is 35.1. The summed E-state index contributed by atoms with van der Waals surface area (Å²) in [6, 6.07) is 12.5. The van der Waals surface area contributed by atoms with E-state index in [-0.39, 0.29) is 64.5 Å². The fraction of sp³-hybridized carbons (Fsp3) is 0.468. The van der Waals surface area contributed by atoms with Crippen molar-refractivity contribution in [2.45, 2.75) is 97.0 Å². The number of carbonyl (C=O) groups excluding carboxylic acids is 5. The number of carbonyl (C=O) groups is 5. The number of aromatic nitrogens is 1. The van der Waals surface area contributed by atoms with Gasteiger partial charge in [-0.1, -0.05) is 45.2 Å². The number of ether oxygens (including phenoxy) is 1. The quantitative estimate of drug-likeness (QED) is 0.241. The van der Waals surface area contributed by atoms with E-state index in [2.05, 4.69) is 55.8 Å². The van der Waals surface area contributed by atoms with Gasteiger partial charge in [0.25, 0.3) is 17.7 Å². The van der Waals surface area contributed by atoms with Gasteiger partial charge < -0.3 is 19.4 Å². The average Bonchev–Trinajstić information content (AvgIpc) is 3.68. The summed E-state index contributed by atoms with van der Waals surface area (Å²) in [6.45, 7) is 11.8. The predicted octanol–water partition coefficient (Wildman–Crippen LogP) is 5.72. The maximum atomic E-state index is 15.5. The number of nitriles is 1. The number of rotatable bonds is 6. The first-order valence-electron chi connectivity index (χ1n) is 21.3. The molecule has 9 rings (SSSR count). The third kappa shape index (κ3) is 6.98. The fourth-order valence-electron chi connectivity index (χ4n) is 11.3. The zero-order chi connectivity index (χ0) is 43.8. The monoisotopic (exact) mass is 859 g/mol. The second-order valence-electron chi connectivity index (χ2n) is 18.5. The number of likely N-dealkylation sites (tertiary alicyclic amines) is 1. The van der Waals surface area contributed by atoms with Gasteiger partial charge in [-0.25, -0.2) is 9.37 Å². The molecule has 1 N–H and O–H groups in total. The number of anilines is 1. The molecule has 3 aromatic rings. The molecule has 6 heterocycles. The fourth-order valence-corrected chi connectivity index (χ4v) is 11.5. The molecule has 5 amide bonds. The van der Waals surface area contributed by atoms with Crippen LogP contribution in [0.5, 0.6) is 5.75 Å². The van der Waals surface area contributed by atoms with Crippen LogP contribution in [0.3, 0.4) is 0 Å². The molecule has 0 bridgehead atoms. The van der Waals surface area contributed by atoms with Crippen LogP contribution in [-0.2, 0) is 16.1 Å². The van der Waals surface area contributed by atoms with E-state index >= 15 is 4.39 Å². The molecule has 13 nitrogen and oxygen atoms in total. The molecule has 62 heavy (non-hydrogen) atoms. The number of hydrogen-bond donors (Lipinski definition) is 1. The summed E-state index contributed by atoms with van der Waals surface area (Å²) >= 11 is 6.29. The maximum Gasteiger partial charge on any atom is 0.262 e. The Labute approximate surface area is 364 Å². The Morgan fingerprint density at radius 3 is 2.21 bits per heavy atom. The molecule has 15 heteroatoms. The summed E-state index contributed by atoms with van der Waals surface area (Å²) in [5, 5.41) is 11.8. The van der Waals surface area contributed by atoms with E-state index in [1.54, 1.807) is 18.2 Å². The third-order valence-corrected chi connectivity index (χ3v) is 14.2. The summed E-state index contributed by atoms with van der Waals surface area (Å²) in [7, 11) is 0.